The molecule has 30 heavy (non-hydrogen) atoms. The number of nitrogens with zero attached hydrogens (tertiary/aromatic N) is 5. The van der Waals surface area contributed by atoms with Gasteiger partial charge in [0.1, 0.15) is 5.82 Å². The van der Waals surface area contributed by atoms with Crippen LogP contribution in [0.4, 0.5) is 5.69 Å². The molecule has 3 rings (SSSR count). The first-order chi connectivity index (χ1) is 14.6. The molecule has 1 atom stereocenters. The van der Waals surface area contributed by atoms with Gasteiger partial charge < -0.3 is 9.47 Å². The van der Waals surface area contributed by atoms with E-state index in [0.29, 0.717) is 13.0 Å². The summed E-state index contributed by atoms with van der Waals surface area (Å²) < 4.78 is 2.06. The maximum Gasteiger partial charge on any atom is 0.240 e. The minimum Gasteiger partial charge on any atom is -0.310 e. The van der Waals surface area contributed by atoms with E-state index in [1.165, 1.54) is 17.3 Å². The summed E-state index contributed by atoms with van der Waals surface area (Å²) in [6.07, 6.45) is 0.979. The van der Waals surface area contributed by atoms with Crippen LogP contribution in [0.5, 0.6) is 0 Å². The topological polar surface area (TPSA) is 74.8 Å². The number of amides is 1. The van der Waals surface area contributed by atoms with Crippen LogP contribution in [-0.4, -0.2) is 32.5 Å². The Kier molecular flexibility index (Phi) is 7.63. The highest BCUT2D eigenvalue weighted by Gasteiger charge is 2.25. The predicted molar refractivity (Wildman–Crippen MR) is 119 cm³/mol. The van der Waals surface area contributed by atoms with Crippen LogP contribution in [-0.2, 0) is 17.8 Å². The first-order valence-electron chi connectivity index (χ1n) is 10.00. The number of carbonyl (C=O) groups is 1. The fourth-order valence-corrected chi connectivity index (χ4v) is 4.19. The van der Waals surface area contributed by atoms with Gasteiger partial charge >= 0.3 is 0 Å². The minimum atomic E-state index is -0.358. The van der Waals surface area contributed by atoms with Crippen LogP contribution in [0.1, 0.15) is 31.7 Å². The van der Waals surface area contributed by atoms with Gasteiger partial charge in [-0.3, -0.25) is 4.79 Å². The lowest BCUT2D eigenvalue weighted by atomic mass is 10.1. The zero-order valence-electron chi connectivity index (χ0n) is 17.2. The third-order valence-corrected chi connectivity index (χ3v) is 5.79. The number of aromatic nitrogens is 3. The SMILES string of the molecule is CCn1c(Cc2ccccc2)nnc1SC(C)C(=O)N(CCC#N)c1ccccc1. The Bertz CT molecular complexity index is 997. The number of anilines is 1. The molecule has 0 fully saturated rings. The zero-order chi connectivity index (χ0) is 21.3. The molecular weight excluding hydrogens is 394 g/mol. The van der Waals surface area contributed by atoms with Crippen LogP contribution >= 0.6 is 11.8 Å². The number of thioether (sulfide) groups is 1. The van der Waals surface area contributed by atoms with Gasteiger partial charge in [-0.1, -0.05) is 60.3 Å². The van der Waals surface area contributed by atoms with Gasteiger partial charge in [0.05, 0.1) is 17.7 Å². The third kappa shape index (κ3) is 5.28. The van der Waals surface area contributed by atoms with Crippen LogP contribution in [0, 0.1) is 11.3 Å². The molecule has 7 heteroatoms. The van der Waals surface area contributed by atoms with E-state index in [1.54, 1.807) is 4.90 Å². The molecule has 154 valence electrons. The minimum absolute atomic E-state index is 0.0447. The van der Waals surface area contributed by atoms with Gasteiger partial charge in [-0.15, -0.1) is 10.2 Å². The monoisotopic (exact) mass is 419 g/mol. The summed E-state index contributed by atoms with van der Waals surface area (Å²) in [5.74, 6) is 0.840. The van der Waals surface area contributed by atoms with E-state index in [4.69, 9.17) is 5.26 Å². The Morgan fingerprint density at radius 1 is 1.13 bits per heavy atom. The maximum absolute atomic E-state index is 13.2. The highest BCUT2D eigenvalue weighted by atomic mass is 32.2. The first-order valence-corrected chi connectivity index (χ1v) is 10.9. The van der Waals surface area contributed by atoms with E-state index < -0.39 is 0 Å². The molecule has 0 saturated carbocycles. The average molecular weight is 420 g/mol. The highest BCUT2D eigenvalue weighted by Crippen LogP contribution is 2.26. The molecule has 2 aromatic carbocycles. The summed E-state index contributed by atoms with van der Waals surface area (Å²) in [6, 6.07) is 21.8. The Morgan fingerprint density at radius 2 is 1.80 bits per heavy atom. The van der Waals surface area contributed by atoms with Gasteiger partial charge in [0.25, 0.3) is 0 Å². The molecule has 0 aliphatic heterocycles. The molecule has 1 amide bonds. The van der Waals surface area contributed by atoms with Crippen molar-refractivity contribution < 1.29 is 4.79 Å². The molecule has 0 radical (unpaired) electrons. The Morgan fingerprint density at radius 3 is 2.43 bits per heavy atom. The van der Waals surface area contributed by atoms with E-state index in [1.807, 2.05) is 55.5 Å². The average Bonchev–Trinajstić information content (AvgIpc) is 3.16. The standard InChI is InChI=1S/C23H25N5OS/c1-3-27-21(17-19-11-6-4-7-12-19)25-26-23(27)30-18(2)22(29)28(16-10-15-24)20-13-8-5-9-14-20/h4-9,11-14,18H,3,10,16-17H2,1-2H3. The van der Waals surface area contributed by atoms with Crippen molar-refractivity contribution in [2.75, 3.05) is 11.4 Å². The molecular formula is C23H25N5OS. The van der Waals surface area contributed by atoms with Gasteiger partial charge in [-0.2, -0.15) is 5.26 Å². The van der Waals surface area contributed by atoms with Gasteiger partial charge in [-0.25, -0.2) is 0 Å². The van der Waals surface area contributed by atoms with E-state index >= 15 is 0 Å². The molecule has 1 aromatic heterocycles. The van der Waals surface area contributed by atoms with Crippen molar-refractivity contribution in [1.82, 2.24) is 14.8 Å². The second kappa shape index (κ2) is 10.6. The molecule has 0 saturated heterocycles. The largest absolute Gasteiger partial charge is 0.310 e. The van der Waals surface area contributed by atoms with E-state index in [-0.39, 0.29) is 17.6 Å². The van der Waals surface area contributed by atoms with Crippen LogP contribution in [0.25, 0.3) is 0 Å². The normalized spacial score (nSPS) is 11.6. The third-order valence-electron chi connectivity index (χ3n) is 4.73. The van der Waals surface area contributed by atoms with Gasteiger partial charge in [0.2, 0.25) is 5.91 Å². The van der Waals surface area contributed by atoms with Gasteiger partial charge in [0.15, 0.2) is 5.16 Å². The summed E-state index contributed by atoms with van der Waals surface area (Å²) in [6.45, 7) is 5.03. The van der Waals surface area contributed by atoms with Crippen molar-refractivity contribution in [2.24, 2.45) is 0 Å². The number of benzene rings is 2. The maximum atomic E-state index is 13.2. The second-order valence-corrected chi connectivity index (χ2v) is 8.11. The predicted octanol–water partition coefficient (Wildman–Crippen LogP) is 4.32. The Balaban J connectivity index is 1.76. The summed E-state index contributed by atoms with van der Waals surface area (Å²) >= 11 is 1.41. The van der Waals surface area contributed by atoms with Crippen molar-refractivity contribution in [3.8, 4) is 6.07 Å². The molecule has 1 unspecified atom stereocenters. The van der Waals surface area contributed by atoms with Crippen molar-refractivity contribution in [3.05, 3.63) is 72.1 Å². The van der Waals surface area contributed by atoms with Crippen molar-refractivity contribution in [3.63, 3.8) is 0 Å². The van der Waals surface area contributed by atoms with Crippen LogP contribution in [0.2, 0.25) is 0 Å². The number of rotatable bonds is 9. The quantitative estimate of drug-likeness (QED) is 0.483. The van der Waals surface area contributed by atoms with Crippen molar-refractivity contribution >= 4 is 23.4 Å². The van der Waals surface area contributed by atoms with E-state index in [9.17, 15) is 4.79 Å². The summed E-state index contributed by atoms with van der Waals surface area (Å²) in [5, 5.41) is 18.1. The Hall–Kier alpha value is -3.11. The number of nitriles is 1. The van der Waals surface area contributed by atoms with E-state index in [0.717, 1.165) is 23.2 Å². The van der Waals surface area contributed by atoms with Crippen LogP contribution < -0.4 is 4.90 Å². The lowest BCUT2D eigenvalue weighted by Crippen LogP contribution is -2.37. The number of para-hydroxylation sites is 1. The smallest absolute Gasteiger partial charge is 0.240 e. The molecule has 3 aromatic rings. The highest BCUT2D eigenvalue weighted by molar-refractivity contribution is 8.00. The first kappa shape index (κ1) is 21.6. The number of hydrogen-bond acceptors (Lipinski definition) is 5. The van der Waals surface area contributed by atoms with Gasteiger partial charge in [0, 0.05) is 25.2 Å². The number of carbonyl (C=O) groups excluding carboxylic acids is 1. The molecule has 6 nitrogen and oxygen atoms in total. The van der Waals surface area contributed by atoms with Crippen LogP contribution in [0.3, 0.4) is 0 Å². The molecule has 1 heterocycles. The fraction of sp³-hybridized carbons (Fsp3) is 0.304. The molecule has 0 N–H and O–H groups in total. The molecule has 0 spiro atoms. The van der Waals surface area contributed by atoms with Gasteiger partial charge in [-0.05, 0) is 31.5 Å². The van der Waals surface area contributed by atoms with Crippen molar-refractivity contribution in [1.29, 1.82) is 5.26 Å². The number of hydrogen-bond donors (Lipinski definition) is 0. The second-order valence-electron chi connectivity index (χ2n) is 6.80. The molecule has 0 aliphatic rings. The molecule has 0 aliphatic carbocycles. The summed E-state index contributed by atoms with van der Waals surface area (Å²) in [4.78, 5) is 14.9. The lowest BCUT2D eigenvalue weighted by molar-refractivity contribution is -0.117. The fourth-order valence-electron chi connectivity index (χ4n) is 3.20. The summed E-state index contributed by atoms with van der Waals surface area (Å²) in [5.41, 5.74) is 1.97. The van der Waals surface area contributed by atoms with Crippen molar-refractivity contribution in [2.45, 2.75) is 43.6 Å². The lowest BCUT2D eigenvalue weighted by Gasteiger charge is -2.24. The Labute approximate surface area is 181 Å². The van der Waals surface area contributed by atoms with E-state index in [2.05, 4.69) is 39.9 Å². The van der Waals surface area contributed by atoms with Crippen LogP contribution in [0.15, 0.2) is 65.8 Å². The summed E-state index contributed by atoms with van der Waals surface area (Å²) in [7, 11) is 0. The molecule has 0 bridgehead atoms. The zero-order valence-corrected chi connectivity index (χ0v) is 18.0.